The average Bonchev–Trinajstić information content (AvgIpc) is 3.03. The van der Waals surface area contributed by atoms with Crippen LogP contribution in [-0.4, -0.2) is 17.7 Å². The number of hydrogen-bond acceptors (Lipinski definition) is 3. The summed E-state index contributed by atoms with van der Waals surface area (Å²) in [7, 11) is 0. The Bertz CT molecular complexity index is 773. The number of rotatable bonds is 4. The third kappa shape index (κ3) is 3.54. The first-order valence-electron chi connectivity index (χ1n) is 7.24. The summed E-state index contributed by atoms with van der Waals surface area (Å²) in [5.74, 6) is -1.24. The summed E-state index contributed by atoms with van der Waals surface area (Å²) in [6.07, 6.45) is -0.730. The molecule has 3 rings (SSSR count). The molecular formula is C17H13ClF2N2O2. The molecule has 0 radical (unpaired) electrons. The summed E-state index contributed by atoms with van der Waals surface area (Å²) in [5.41, 5.74) is 1.19. The van der Waals surface area contributed by atoms with E-state index in [9.17, 15) is 13.6 Å². The largest absolute Gasteiger partial charge is 0.382 e. The lowest BCUT2D eigenvalue weighted by Gasteiger charge is -2.09. The lowest BCUT2D eigenvalue weighted by molar-refractivity contribution is -0.131. The van der Waals surface area contributed by atoms with Crippen molar-refractivity contribution in [3.8, 4) is 0 Å². The van der Waals surface area contributed by atoms with E-state index in [-0.39, 0.29) is 35.3 Å². The highest BCUT2D eigenvalue weighted by molar-refractivity contribution is 6.34. The highest BCUT2D eigenvalue weighted by Crippen LogP contribution is 2.25. The van der Waals surface area contributed by atoms with Crippen molar-refractivity contribution in [3.63, 3.8) is 0 Å². The monoisotopic (exact) mass is 350 g/mol. The lowest BCUT2D eigenvalue weighted by atomic mass is 10.0. The van der Waals surface area contributed by atoms with Crippen LogP contribution in [0.2, 0.25) is 5.02 Å². The third-order valence-electron chi connectivity index (χ3n) is 3.59. The van der Waals surface area contributed by atoms with Crippen molar-refractivity contribution >= 4 is 23.2 Å². The normalized spacial score (nSPS) is 16.5. The minimum Gasteiger partial charge on any atom is -0.382 e. The molecule has 1 heterocycles. The van der Waals surface area contributed by atoms with E-state index < -0.39 is 11.9 Å². The third-order valence-corrected chi connectivity index (χ3v) is 3.91. The molecule has 1 aliphatic heterocycles. The second-order valence-electron chi connectivity index (χ2n) is 5.28. The van der Waals surface area contributed by atoms with Crippen molar-refractivity contribution in [2.45, 2.75) is 19.1 Å². The smallest absolute Gasteiger partial charge is 0.264 e. The molecule has 0 saturated carbocycles. The first kappa shape index (κ1) is 16.4. The van der Waals surface area contributed by atoms with Gasteiger partial charge in [0.05, 0.1) is 16.3 Å². The first-order valence-corrected chi connectivity index (χ1v) is 7.61. The number of amides is 1. The molecule has 0 saturated heterocycles. The van der Waals surface area contributed by atoms with Gasteiger partial charge in [-0.25, -0.2) is 8.78 Å². The fraction of sp³-hybridized carbons (Fsp3) is 0.176. The molecule has 0 fully saturated rings. The van der Waals surface area contributed by atoms with Gasteiger partial charge in [-0.3, -0.25) is 4.79 Å². The second kappa shape index (κ2) is 6.97. The van der Waals surface area contributed by atoms with Gasteiger partial charge in [-0.15, -0.1) is 0 Å². The molecule has 0 spiro atoms. The maximum atomic E-state index is 13.9. The van der Waals surface area contributed by atoms with Crippen molar-refractivity contribution < 1.29 is 18.4 Å². The summed E-state index contributed by atoms with van der Waals surface area (Å²) >= 11 is 5.98. The molecule has 124 valence electrons. The maximum Gasteiger partial charge on any atom is 0.264 e. The molecule has 2 aromatic rings. The Hall–Kier alpha value is -2.47. The quantitative estimate of drug-likeness (QED) is 0.918. The summed E-state index contributed by atoms with van der Waals surface area (Å²) in [6.45, 7) is 0.231. The fourth-order valence-electron chi connectivity index (χ4n) is 2.34. The number of carbonyl (C=O) groups excluding carboxylic acids is 1. The maximum absolute atomic E-state index is 13.9. The summed E-state index contributed by atoms with van der Waals surface area (Å²) < 4.78 is 26.7. The van der Waals surface area contributed by atoms with Gasteiger partial charge in [0.15, 0.2) is 0 Å². The zero-order valence-corrected chi connectivity index (χ0v) is 13.2. The van der Waals surface area contributed by atoms with Gasteiger partial charge in [0.25, 0.3) is 5.91 Å². The Morgan fingerprint density at radius 2 is 2.00 bits per heavy atom. The minimum absolute atomic E-state index is 0.121. The fourth-order valence-corrected chi connectivity index (χ4v) is 2.62. The van der Waals surface area contributed by atoms with Gasteiger partial charge in [0, 0.05) is 13.0 Å². The van der Waals surface area contributed by atoms with Crippen LogP contribution in [0.1, 0.15) is 17.5 Å². The van der Waals surface area contributed by atoms with E-state index in [1.807, 2.05) is 0 Å². The molecule has 1 N–H and O–H groups in total. The molecule has 0 aliphatic carbocycles. The van der Waals surface area contributed by atoms with Crippen LogP contribution in [0.4, 0.5) is 8.78 Å². The van der Waals surface area contributed by atoms with E-state index in [4.69, 9.17) is 16.4 Å². The minimum atomic E-state index is -0.851. The van der Waals surface area contributed by atoms with Crippen molar-refractivity contribution in [2.75, 3.05) is 0 Å². The van der Waals surface area contributed by atoms with Crippen LogP contribution in [0.3, 0.4) is 0 Å². The van der Waals surface area contributed by atoms with E-state index in [0.29, 0.717) is 5.71 Å². The lowest BCUT2D eigenvalue weighted by Crippen LogP contribution is -2.34. The van der Waals surface area contributed by atoms with Crippen LogP contribution in [0.15, 0.2) is 47.6 Å². The molecule has 24 heavy (non-hydrogen) atoms. The molecule has 4 nitrogen and oxygen atoms in total. The molecule has 2 aromatic carbocycles. The Kier molecular flexibility index (Phi) is 4.76. The van der Waals surface area contributed by atoms with Gasteiger partial charge in [0.1, 0.15) is 11.6 Å². The summed E-state index contributed by atoms with van der Waals surface area (Å²) in [6, 6.07) is 10.1. The molecule has 1 unspecified atom stereocenters. The van der Waals surface area contributed by atoms with E-state index in [2.05, 4.69) is 10.5 Å². The van der Waals surface area contributed by atoms with Crippen molar-refractivity contribution in [2.24, 2.45) is 5.16 Å². The number of hydrogen-bond donors (Lipinski definition) is 1. The van der Waals surface area contributed by atoms with Gasteiger partial charge in [-0.2, -0.15) is 0 Å². The molecule has 0 bridgehead atoms. The van der Waals surface area contributed by atoms with Crippen LogP contribution < -0.4 is 5.32 Å². The number of nitrogens with one attached hydrogen (secondary N) is 1. The highest BCUT2D eigenvalue weighted by atomic mass is 35.5. The first-order chi connectivity index (χ1) is 11.5. The van der Waals surface area contributed by atoms with Crippen molar-refractivity contribution in [3.05, 3.63) is 70.2 Å². The van der Waals surface area contributed by atoms with Crippen molar-refractivity contribution in [1.82, 2.24) is 5.32 Å². The molecule has 1 atom stereocenters. The standard InChI is InChI=1S/C17H13ClF2N2O2/c18-12-2-1-3-13(20)16(12)14-8-15(24-22-14)17(23)21-9-10-4-6-11(19)7-5-10/h1-7,15H,8-9H2,(H,21,23). The van der Waals surface area contributed by atoms with E-state index in [1.165, 1.54) is 24.3 Å². The predicted octanol–water partition coefficient (Wildman–Crippen LogP) is 3.43. The van der Waals surface area contributed by atoms with Crippen molar-refractivity contribution in [1.29, 1.82) is 0 Å². The van der Waals surface area contributed by atoms with E-state index in [1.54, 1.807) is 18.2 Å². The zero-order valence-electron chi connectivity index (χ0n) is 12.4. The Balaban J connectivity index is 1.60. The summed E-state index contributed by atoms with van der Waals surface area (Å²) in [5, 5.41) is 6.67. The number of carbonyl (C=O) groups is 1. The van der Waals surface area contributed by atoms with Crippen LogP contribution in [0, 0.1) is 11.6 Å². The van der Waals surface area contributed by atoms with Crippen LogP contribution in [0.5, 0.6) is 0 Å². The zero-order chi connectivity index (χ0) is 17.1. The highest BCUT2D eigenvalue weighted by Gasteiger charge is 2.30. The Morgan fingerprint density at radius 1 is 1.25 bits per heavy atom. The van der Waals surface area contributed by atoms with Gasteiger partial charge in [-0.1, -0.05) is 35.0 Å². The van der Waals surface area contributed by atoms with Crippen LogP contribution >= 0.6 is 11.6 Å². The summed E-state index contributed by atoms with van der Waals surface area (Å²) in [4.78, 5) is 17.2. The number of benzene rings is 2. The second-order valence-corrected chi connectivity index (χ2v) is 5.68. The molecule has 0 aromatic heterocycles. The van der Waals surface area contributed by atoms with Gasteiger partial charge >= 0.3 is 0 Å². The van der Waals surface area contributed by atoms with Crippen LogP contribution in [-0.2, 0) is 16.2 Å². The SMILES string of the molecule is O=C(NCc1ccc(F)cc1)C1CC(c2c(F)cccc2Cl)=NO1. The van der Waals surface area contributed by atoms with E-state index >= 15 is 0 Å². The molecule has 7 heteroatoms. The predicted molar refractivity (Wildman–Crippen MR) is 85.7 cm³/mol. The number of oxime groups is 1. The van der Waals surface area contributed by atoms with Gasteiger partial charge in [-0.05, 0) is 29.8 Å². The number of nitrogens with zero attached hydrogens (tertiary/aromatic N) is 1. The topological polar surface area (TPSA) is 50.7 Å². The van der Waals surface area contributed by atoms with Crippen LogP contribution in [0.25, 0.3) is 0 Å². The average molecular weight is 351 g/mol. The molecule has 1 aliphatic rings. The Morgan fingerprint density at radius 3 is 2.71 bits per heavy atom. The number of halogens is 3. The van der Waals surface area contributed by atoms with Gasteiger partial charge in [0.2, 0.25) is 6.10 Å². The molecular weight excluding hydrogens is 338 g/mol. The van der Waals surface area contributed by atoms with Gasteiger partial charge < -0.3 is 10.2 Å². The Labute approximate surface area is 142 Å². The van der Waals surface area contributed by atoms with E-state index in [0.717, 1.165) is 5.56 Å². The molecule has 1 amide bonds.